The SMILES string of the molecule is Cc1c(NS(C)(=O)=O)cccc1C(=O)Nc1ccc(S(=O)(=O)Nc2ncccn2)cc1. The fourth-order valence-corrected chi connectivity index (χ4v) is 4.22. The molecule has 162 valence electrons. The topological polar surface area (TPSA) is 147 Å². The summed E-state index contributed by atoms with van der Waals surface area (Å²) < 4.78 is 52.4. The maximum Gasteiger partial charge on any atom is 0.264 e. The van der Waals surface area contributed by atoms with Gasteiger partial charge in [-0.05, 0) is 55.0 Å². The van der Waals surface area contributed by atoms with E-state index < -0.39 is 26.0 Å². The number of nitrogens with zero attached hydrogens (tertiary/aromatic N) is 2. The fraction of sp³-hybridized carbons (Fsp3) is 0.105. The van der Waals surface area contributed by atoms with Gasteiger partial charge in [-0.2, -0.15) is 0 Å². The fourth-order valence-electron chi connectivity index (χ4n) is 2.64. The highest BCUT2D eigenvalue weighted by atomic mass is 32.2. The molecule has 12 heteroatoms. The molecule has 0 spiro atoms. The van der Waals surface area contributed by atoms with Gasteiger partial charge < -0.3 is 5.32 Å². The molecule has 0 bridgehead atoms. The maximum atomic E-state index is 12.6. The molecule has 3 rings (SSSR count). The number of carbonyl (C=O) groups excluding carboxylic acids is 1. The average Bonchev–Trinajstić information content (AvgIpc) is 2.69. The van der Waals surface area contributed by atoms with Crippen molar-refractivity contribution >= 4 is 43.3 Å². The summed E-state index contributed by atoms with van der Waals surface area (Å²) in [7, 11) is -7.39. The minimum Gasteiger partial charge on any atom is -0.322 e. The van der Waals surface area contributed by atoms with Gasteiger partial charge in [-0.25, -0.2) is 31.5 Å². The normalized spacial score (nSPS) is 11.5. The Kier molecular flexibility index (Phi) is 6.22. The van der Waals surface area contributed by atoms with Crippen molar-refractivity contribution in [1.29, 1.82) is 0 Å². The van der Waals surface area contributed by atoms with Crippen molar-refractivity contribution < 1.29 is 21.6 Å². The zero-order valence-electron chi connectivity index (χ0n) is 16.5. The highest BCUT2D eigenvalue weighted by Crippen LogP contribution is 2.22. The van der Waals surface area contributed by atoms with Gasteiger partial charge in [-0.3, -0.25) is 9.52 Å². The number of hydrogen-bond donors (Lipinski definition) is 3. The van der Waals surface area contributed by atoms with E-state index in [9.17, 15) is 21.6 Å². The monoisotopic (exact) mass is 461 g/mol. The number of carbonyl (C=O) groups is 1. The Morgan fingerprint density at radius 1 is 0.871 bits per heavy atom. The van der Waals surface area contributed by atoms with Crippen LogP contribution in [0, 0.1) is 6.92 Å². The van der Waals surface area contributed by atoms with Gasteiger partial charge in [0.1, 0.15) is 0 Å². The molecule has 31 heavy (non-hydrogen) atoms. The molecule has 10 nitrogen and oxygen atoms in total. The van der Waals surface area contributed by atoms with Crippen molar-refractivity contribution in [3.8, 4) is 0 Å². The van der Waals surface area contributed by atoms with Gasteiger partial charge in [0.2, 0.25) is 16.0 Å². The molecule has 3 N–H and O–H groups in total. The third-order valence-corrected chi connectivity index (χ3v) is 6.02. The van der Waals surface area contributed by atoms with Crippen LogP contribution in [0.3, 0.4) is 0 Å². The van der Waals surface area contributed by atoms with Crippen LogP contribution in [0.25, 0.3) is 0 Å². The Labute approximate surface area is 179 Å². The molecule has 0 saturated heterocycles. The molecule has 0 saturated carbocycles. The van der Waals surface area contributed by atoms with Crippen LogP contribution in [0.4, 0.5) is 17.3 Å². The van der Waals surface area contributed by atoms with E-state index in [1.807, 2.05) is 0 Å². The van der Waals surface area contributed by atoms with Crippen LogP contribution in [-0.4, -0.2) is 39.0 Å². The quantitative estimate of drug-likeness (QED) is 0.489. The molecular weight excluding hydrogens is 442 g/mol. The van der Waals surface area contributed by atoms with E-state index in [2.05, 4.69) is 24.7 Å². The molecule has 1 aromatic heterocycles. The van der Waals surface area contributed by atoms with Gasteiger partial charge in [0.15, 0.2) is 0 Å². The molecule has 1 amide bonds. The summed E-state index contributed by atoms with van der Waals surface area (Å²) >= 11 is 0. The Morgan fingerprint density at radius 3 is 2.13 bits per heavy atom. The lowest BCUT2D eigenvalue weighted by Gasteiger charge is -2.13. The predicted molar refractivity (Wildman–Crippen MR) is 117 cm³/mol. The number of aromatic nitrogens is 2. The minimum atomic E-state index is -3.89. The molecule has 1 heterocycles. The predicted octanol–water partition coefficient (Wildman–Crippen LogP) is 2.21. The Morgan fingerprint density at radius 2 is 1.52 bits per heavy atom. The molecule has 3 aromatic rings. The van der Waals surface area contributed by atoms with Crippen LogP contribution < -0.4 is 14.8 Å². The lowest BCUT2D eigenvalue weighted by atomic mass is 10.1. The van der Waals surface area contributed by atoms with Crippen LogP contribution in [0.15, 0.2) is 65.8 Å². The summed E-state index contributed by atoms with van der Waals surface area (Å²) in [6.45, 7) is 1.62. The second kappa shape index (κ2) is 8.70. The molecule has 0 radical (unpaired) electrons. The van der Waals surface area contributed by atoms with E-state index in [4.69, 9.17) is 0 Å². The molecule has 0 aliphatic heterocycles. The van der Waals surface area contributed by atoms with Gasteiger partial charge in [-0.15, -0.1) is 0 Å². The van der Waals surface area contributed by atoms with Crippen molar-refractivity contribution in [3.63, 3.8) is 0 Å². The summed E-state index contributed by atoms with van der Waals surface area (Å²) in [5.74, 6) is -0.529. The first kappa shape index (κ1) is 22.2. The number of nitrogens with one attached hydrogen (secondary N) is 3. The smallest absolute Gasteiger partial charge is 0.264 e. The first-order valence-electron chi connectivity index (χ1n) is 8.84. The first-order valence-corrected chi connectivity index (χ1v) is 12.2. The second-order valence-electron chi connectivity index (χ2n) is 6.51. The van der Waals surface area contributed by atoms with Crippen molar-refractivity contribution in [3.05, 3.63) is 72.1 Å². The van der Waals surface area contributed by atoms with Gasteiger partial charge in [0.25, 0.3) is 15.9 Å². The first-order chi connectivity index (χ1) is 14.5. The summed E-state index contributed by atoms with van der Waals surface area (Å²) in [6.07, 6.45) is 3.84. The average molecular weight is 462 g/mol. The lowest BCUT2D eigenvalue weighted by Crippen LogP contribution is -2.17. The number of amides is 1. The van der Waals surface area contributed by atoms with Crippen molar-refractivity contribution in [1.82, 2.24) is 9.97 Å². The zero-order valence-corrected chi connectivity index (χ0v) is 18.2. The molecule has 0 fully saturated rings. The standard InChI is InChI=1S/C19H19N5O5S2/c1-13-16(5-3-6-17(13)23-30(2,26)27)18(25)22-14-7-9-15(10-8-14)31(28,29)24-19-20-11-4-12-21-19/h3-12,23H,1-2H3,(H,22,25)(H,20,21,24). The van der Waals surface area contributed by atoms with Crippen molar-refractivity contribution in [2.75, 3.05) is 21.0 Å². The van der Waals surface area contributed by atoms with Crippen molar-refractivity contribution in [2.24, 2.45) is 0 Å². The van der Waals surface area contributed by atoms with Gasteiger partial charge in [-0.1, -0.05) is 6.07 Å². The van der Waals surface area contributed by atoms with E-state index in [0.717, 1.165) is 6.26 Å². The van der Waals surface area contributed by atoms with Gasteiger partial charge >= 0.3 is 0 Å². The number of rotatable bonds is 7. The van der Waals surface area contributed by atoms with Gasteiger partial charge in [0, 0.05) is 23.6 Å². The molecular formula is C19H19N5O5S2. The van der Waals surface area contributed by atoms with Crippen LogP contribution in [-0.2, 0) is 20.0 Å². The maximum absolute atomic E-state index is 12.6. The lowest BCUT2D eigenvalue weighted by molar-refractivity contribution is 0.102. The molecule has 0 unspecified atom stereocenters. The Hall–Kier alpha value is -3.51. The summed E-state index contributed by atoms with van der Waals surface area (Å²) in [5.41, 5.74) is 1.39. The number of anilines is 3. The molecule has 0 atom stereocenters. The Balaban J connectivity index is 1.76. The van der Waals surface area contributed by atoms with E-state index in [1.54, 1.807) is 31.2 Å². The number of hydrogen-bond acceptors (Lipinski definition) is 7. The van der Waals surface area contributed by atoms with Crippen LogP contribution >= 0.6 is 0 Å². The summed E-state index contributed by atoms with van der Waals surface area (Å²) in [4.78, 5) is 20.2. The minimum absolute atomic E-state index is 0.0338. The van der Waals surface area contributed by atoms with Crippen molar-refractivity contribution in [2.45, 2.75) is 11.8 Å². The number of sulfonamides is 2. The largest absolute Gasteiger partial charge is 0.322 e. The van der Waals surface area contributed by atoms with Gasteiger partial charge in [0.05, 0.1) is 16.8 Å². The van der Waals surface area contributed by atoms with Crippen LogP contribution in [0.1, 0.15) is 15.9 Å². The summed E-state index contributed by atoms with van der Waals surface area (Å²) in [5, 5.41) is 2.66. The van der Waals surface area contributed by atoms with E-state index >= 15 is 0 Å². The van der Waals surface area contributed by atoms with E-state index in [1.165, 1.54) is 36.7 Å². The zero-order chi connectivity index (χ0) is 22.6. The molecule has 0 aliphatic rings. The molecule has 0 aliphatic carbocycles. The van der Waals surface area contributed by atoms with E-state index in [0.29, 0.717) is 16.9 Å². The van der Waals surface area contributed by atoms with Crippen LogP contribution in [0.5, 0.6) is 0 Å². The Bertz CT molecular complexity index is 1310. The highest BCUT2D eigenvalue weighted by Gasteiger charge is 2.17. The molecule has 2 aromatic carbocycles. The third kappa shape index (κ3) is 5.77. The number of benzene rings is 2. The summed E-state index contributed by atoms with van der Waals surface area (Å²) in [6, 6.07) is 11.8. The van der Waals surface area contributed by atoms with Crippen LogP contribution in [0.2, 0.25) is 0 Å². The van der Waals surface area contributed by atoms with E-state index in [-0.39, 0.29) is 16.4 Å². The highest BCUT2D eigenvalue weighted by molar-refractivity contribution is 7.92. The second-order valence-corrected chi connectivity index (χ2v) is 9.94. The third-order valence-electron chi connectivity index (χ3n) is 4.09.